The first-order valence-electron chi connectivity index (χ1n) is 7.86. The fourth-order valence-electron chi connectivity index (χ4n) is 3.12. The third-order valence-corrected chi connectivity index (χ3v) is 5.45. The zero-order valence-corrected chi connectivity index (χ0v) is 14.2. The summed E-state index contributed by atoms with van der Waals surface area (Å²) in [5.41, 5.74) is 10.6. The summed E-state index contributed by atoms with van der Waals surface area (Å²) < 4.78 is 2.14. The lowest BCUT2D eigenvalue weighted by Gasteiger charge is -2.16. The van der Waals surface area contributed by atoms with Crippen molar-refractivity contribution in [3.63, 3.8) is 0 Å². The molecule has 0 saturated carbocycles. The average Bonchev–Trinajstić information content (AvgIpc) is 2.90. The highest BCUT2D eigenvalue weighted by Gasteiger charge is 2.24. The monoisotopic (exact) mass is 324 g/mol. The molecule has 0 bridgehead atoms. The fraction of sp³-hybridized carbons (Fsp3) is 0.278. The number of anilines is 1. The molecule has 0 amide bonds. The Labute approximate surface area is 140 Å². The van der Waals surface area contributed by atoms with Crippen molar-refractivity contribution in [3.05, 3.63) is 36.4 Å². The number of nitrogens with two attached hydrogens (primary N) is 1. The van der Waals surface area contributed by atoms with Gasteiger partial charge in [-0.3, -0.25) is 4.68 Å². The number of aromatic nitrogens is 2. The maximum absolute atomic E-state index is 6.24. The Bertz CT molecular complexity index is 882. The van der Waals surface area contributed by atoms with Crippen LogP contribution in [-0.2, 0) is 6.54 Å². The molecule has 3 aromatic rings. The van der Waals surface area contributed by atoms with Crippen molar-refractivity contribution < 1.29 is 0 Å². The Morgan fingerprint density at radius 3 is 2.83 bits per heavy atom. The number of aryl methyl sites for hydroxylation is 1. The first kappa shape index (κ1) is 14.6. The lowest BCUT2D eigenvalue weighted by Crippen LogP contribution is -2.15. The zero-order valence-electron chi connectivity index (χ0n) is 13.4. The maximum atomic E-state index is 6.24. The van der Waals surface area contributed by atoms with E-state index in [9.17, 15) is 0 Å². The highest BCUT2D eigenvalue weighted by atomic mass is 32.2. The van der Waals surface area contributed by atoms with Gasteiger partial charge in [0.15, 0.2) is 0 Å². The molecular weight excluding hydrogens is 304 g/mol. The van der Waals surface area contributed by atoms with Crippen molar-refractivity contribution in [2.45, 2.75) is 22.8 Å². The van der Waals surface area contributed by atoms with Crippen LogP contribution in [0.3, 0.4) is 0 Å². The van der Waals surface area contributed by atoms with E-state index < -0.39 is 0 Å². The van der Waals surface area contributed by atoms with Gasteiger partial charge in [0.2, 0.25) is 0 Å². The van der Waals surface area contributed by atoms with Crippen LogP contribution in [0.2, 0.25) is 0 Å². The molecule has 1 aromatic heterocycles. The molecule has 0 fully saturated rings. The van der Waals surface area contributed by atoms with Gasteiger partial charge in [0.05, 0.1) is 5.52 Å². The Morgan fingerprint density at radius 1 is 1.17 bits per heavy atom. The average molecular weight is 324 g/mol. The molecule has 0 unspecified atom stereocenters. The molecule has 0 aliphatic carbocycles. The number of rotatable bonds is 4. The standard InChI is InChI=1S/C18H20N4S/c1-21(2)10-5-11-22-14-9-8-13(19)18-16(14)17(20-22)12-6-3-4-7-15(12)23-18/h3-4,6-9H,5,10-11,19H2,1-2H3. The molecule has 5 heteroatoms. The van der Waals surface area contributed by atoms with Crippen LogP contribution in [0.4, 0.5) is 5.69 Å². The molecule has 118 valence electrons. The first-order chi connectivity index (χ1) is 11.1. The predicted molar refractivity (Wildman–Crippen MR) is 96.9 cm³/mol. The quantitative estimate of drug-likeness (QED) is 0.581. The molecule has 0 spiro atoms. The summed E-state index contributed by atoms with van der Waals surface area (Å²) in [6.07, 6.45) is 1.08. The van der Waals surface area contributed by atoms with Crippen molar-refractivity contribution >= 4 is 28.4 Å². The molecular formula is C18H20N4S. The second-order valence-corrected chi connectivity index (χ2v) is 7.26. The van der Waals surface area contributed by atoms with Crippen molar-refractivity contribution in [2.24, 2.45) is 0 Å². The summed E-state index contributed by atoms with van der Waals surface area (Å²) >= 11 is 1.76. The lowest BCUT2D eigenvalue weighted by atomic mass is 10.1. The van der Waals surface area contributed by atoms with E-state index in [1.54, 1.807) is 11.8 Å². The second-order valence-electron chi connectivity index (χ2n) is 6.20. The SMILES string of the molecule is CN(C)CCCn1nc2c3c(c(N)ccc31)Sc1ccccc1-2. The Morgan fingerprint density at radius 2 is 2.00 bits per heavy atom. The summed E-state index contributed by atoms with van der Waals surface area (Å²) in [6, 6.07) is 12.6. The molecule has 4 nitrogen and oxygen atoms in total. The molecule has 1 aliphatic rings. The van der Waals surface area contributed by atoms with Crippen LogP contribution >= 0.6 is 11.8 Å². The van der Waals surface area contributed by atoms with Gasteiger partial charge in [0.25, 0.3) is 0 Å². The van der Waals surface area contributed by atoms with Crippen LogP contribution in [-0.4, -0.2) is 35.3 Å². The van der Waals surface area contributed by atoms with Gasteiger partial charge in [-0.2, -0.15) is 5.10 Å². The van der Waals surface area contributed by atoms with Gasteiger partial charge >= 0.3 is 0 Å². The topological polar surface area (TPSA) is 47.1 Å². The molecule has 0 saturated heterocycles. The van der Waals surface area contributed by atoms with Crippen LogP contribution in [0.15, 0.2) is 46.2 Å². The number of nitrogen functional groups attached to an aromatic ring is 1. The minimum atomic E-state index is 0.839. The summed E-state index contributed by atoms with van der Waals surface area (Å²) in [4.78, 5) is 4.59. The first-order valence-corrected chi connectivity index (χ1v) is 8.68. The zero-order chi connectivity index (χ0) is 16.0. The number of benzene rings is 2. The molecule has 0 atom stereocenters. The van der Waals surface area contributed by atoms with Crippen molar-refractivity contribution in [1.29, 1.82) is 0 Å². The van der Waals surface area contributed by atoms with Gasteiger partial charge < -0.3 is 10.6 Å². The van der Waals surface area contributed by atoms with Gasteiger partial charge in [-0.15, -0.1) is 0 Å². The smallest absolute Gasteiger partial charge is 0.103 e. The van der Waals surface area contributed by atoms with Crippen LogP contribution in [0, 0.1) is 0 Å². The van der Waals surface area contributed by atoms with Crippen LogP contribution < -0.4 is 5.73 Å². The molecule has 2 N–H and O–H groups in total. The summed E-state index contributed by atoms with van der Waals surface area (Å²) in [6.45, 7) is 1.98. The maximum Gasteiger partial charge on any atom is 0.103 e. The minimum absolute atomic E-state index is 0.839. The minimum Gasteiger partial charge on any atom is -0.398 e. The van der Waals surface area contributed by atoms with Crippen LogP contribution in [0.25, 0.3) is 22.2 Å². The highest BCUT2D eigenvalue weighted by molar-refractivity contribution is 8.00. The number of nitrogens with zero attached hydrogens (tertiary/aromatic N) is 3. The Hall–Kier alpha value is -1.98. The largest absolute Gasteiger partial charge is 0.398 e. The van der Waals surface area contributed by atoms with Crippen molar-refractivity contribution in [1.82, 2.24) is 14.7 Å². The Balaban J connectivity index is 1.86. The van der Waals surface area contributed by atoms with E-state index in [1.165, 1.54) is 21.4 Å². The van der Waals surface area contributed by atoms with E-state index in [4.69, 9.17) is 10.8 Å². The summed E-state index contributed by atoms with van der Waals surface area (Å²) in [7, 11) is 4.21. The van der Waals surface area contributed by atoms with E-state index >= 15 is 0 Å². The number of hydrogen-bond donors (Lipinski definition) is 1. The van der Waals surface area contributed by atoms with Gasteiger partial charge in [-0.25, -0.2) is 0 Å². The van der Waals surface area contributed by atoms with Gasteiger partial charge in [-0.05, 0) is 45.3 Å². The van der Waals surface area contributed by atoms with E-state index in [0.29, 0.717) is 0 Å². The molecule has 0 radical (unpaired) electrons. The molecule has 23 heavy (non-hydrogen) atoms. The lowest BCUT2D eigenvalue weighted by molar-refractivity contribution is 0.383. The Kier molecular flexibility index (Phi) is 3.54. The predicted octanol–water partition coefficient (Wildman–Crippen LogP) is 3.70. The molecule has 2 aromatic carbocycles. The number of fused-ring (bicyclic) bond motifs is 2. The van der Waals surface area contributed by atoms with E-state index in [-0.39, 0.29) is 0 Å². The molecule has 2 heterocycles. The number of hydrogen-bond acceptors (Lipinski definition) is 4. The fourth-order valence-corrected chi connectivity index (χ4v) is 4.25. The third kappa shape index (κ3) is 2.40. The van der Waals surface area contributed by atoms with Gasteiger partial charge in [0, 0.05) is 33.0 Å². The van der Waals surface area contributed by atoms with Crippen molar-refractivity contribution in [2.75, 3.05) is 26.4 Å². The molecule has 1 aliphatic heterocycles. The third-order valence-electron chi connectivity index (χ3n) is 4.23. The van der Waals surface area contributed by atoms with Gasteiger partial charge in [0.1, 0.15) is 5.69 Å². The van der Waals surface area contributed by atoms with Gasteiger partial charge in [-0.1, -0.05) is 30.0 Å². The highest BCUT2D eigenvalue weighted by Crippen LogP contribution is 2.49. The van der Waals surface area contributed by atoms with Crippen molar-refractivity contribution in [3.8, 4) is 11.3 Å². The van der Waals surface area contributed by atoms with E-state index in [0.717, 1.165) is 35.8 Å². The summed E-state index contributed by atoms with van der Waals surface area (Å²) in [5, 5.41) is 6.14. The van der Waals surface area contributed by atoms with E-state index in [1.807, 2.05) is 6.07 Å². The molecule has 4 rings (SSSR count). The summed E-state index contributed by atoms with van der Waals surface area (Å²) in [5.74, 6) is 0. The van der Waals surface area contributed by atoms with Crippen LogP contribution in [0.5, 0.6) is 0 Å². The van der Waals surface area contributed by atoms with Crippen LogP contribution in [0.1, 0.15) is 6.42 Å². The van der Waals surface area contributed by atoms with E-state index in [2.05, 4.69) is 54.0 Å². The second kappa shape index (κ2) is 5.58. The normalized spacial score (nSPS) is 12.8.